The van der Waals surface area contributed by atoms with Crippen molar-refractivity contribution in [1.82, 2.24) is 5.43 Å². The number of rotatable bonds is 5. The van der Waals surface area contributed by atoms with Crippen LogP contribution in [0.1, 0.15) is 11.1 Å². The first-order chi connectivity index (χ1) is 13.1. The Labute approximate surface area is 153 Å². The number of nitrogens with one attached hydrogen (secondary N) is 1. The Kier molecular flexibility index (Phi) is 5.09. The third kappa shape index (κ3) is 4.26. The number of fused-ring (bicyclic) bond motifs is 1. The molecule has 0 radical (unpaired) electrons. The SMILES string of the molecule is N#C/C(=C\c1cccc([N+](=O)[O-])c1)C(=O)N/N=C\c1ccc2c(c1)OCO2. The van der Waals surface area contributed by atoms with Gasteiger partial charge < -0.3 is 9.47 Å². The highest BCUT2D eigenvalue weighted by Crippen LogP contribution is 2.31. The third-order valence-electron chi connectivity index (χ3n) is 3.53. The number of ether oxygens (including phenoxy) is 2. The lowest BCUT2D eigenvalue weighted by molar-refractivity contribution is -0.384. The first-order valence-electron chi connectivity index (χ1n) is 7.66. The van der Waals surface area contributed by atoms with E-state index in [1.165, 1.54) is 30.5 Å². The number of amides is 1. The Balaban J connectivity index is 1.69. The number of nitriles is 1. The monoisotopic (exact) mass is 364 g/mol. The summed E-state index contributed by atoms with van der Waals surface area (Å²) in [5.41, 5.74) is 2.89. The predicted octanol–water partition coefficient (Wildman–Crippen LogP) is 2.38. The molecule has 134 valence electrons. The van der Waals surface area contributed by atoms with Crippen LogP contribution < -0.4 is 14.9 Å². The average Bonchev–Trinajstić information content (AvgIpc) is 3.14. The van der Waals surface area contributed by atoms with E-state index in [1.54, 1.807) is 30.3 Å². The van der Waals surface area contributed by atoms with E-state index in [4.69, 9.17) is 14.7 Å². The molecule has 0 saturated carbocycles. The van der Waals surface area contributed by atoms with E-state index in [9.17, 15) is 14.9 Å². The molecule has 1 aliphatic heterocycles. The molecule has 1 N–H and O–H groups in total. The smallest absolute Gasteiger partial charge is 0.282 e. The molecule has 27 heavy (non-hydrogen) atoms. The fraction of sp³-hybridized carbons (Fsp3) is 0.0556. The molecule has 0 saturated heterocycles. The summed E-state index contributed by atoms with van der Waals surface area (Å²) in [4.78, 5) is 22.3. The van der Waals surface area contributed by atoms with Gasteiger partial charge in [0.2, 0.25) is 6.79 Å². The molecule has 1 aliphatic rings. The van der Waals surface area contributed by atoms with Gasteiger partial charge in [0.05, 0.1) is 11.1 Å². The van der Waals surface area contributed by atoms with Crippen molar-refractivity contribution in [1.29, 1.82) is 5.26 Å². The van der Waals surface area contributed by atoms with Crippen LogP contribution in [0.3, 0.4) is 0 Å². The molecule has 0 unspecified atom stereocenters. The highest BCUT2D eigenvalue weighted by molar-refractivity contribution is 6.02. The van der Waals surface area contributed by atoms with Crippen LogP contribution in [-0.2, 0) is 4.79 Å². The Morgan fingerprint density at radius 3 is 2.81 bits per heavy atom. The van der Waals surface area contributed by atoms with Gasteiger partial charge in [-0.15, -0.1) is 0 Å². The van der Waals surface area contributed by atoms with Gasteiger partial charge in [-0.3, -0.25) is 14.9 Å². The number of hydrazone groups is 1. The van der Waals surface area contributed by atoms with Crippen molar-refractivity contribution in [3.8, 4) is 17.6 Å². The molecule has 3 rings (SSSR count). The molecule has 0 bridgehead atoms. The van der Waals surface area contributed by atoms with Crippen molar-refractivity contribution < 1.29 is 19.2 Å². The summed E-state index contributed by atoms with van der Waals surface area (Å²) in [5, 5.41) is 23.8. The molecule has 9 heteroatoms. The standard InChI is InChI=1S/C18H12N4O5/c19-9-14(6-12-2-1-3-15(7-12)22(24)25)18(23)21-20-10-13-4-5-16-17(8-13)27-11-26-16/h1-8,10H,11H2,(H,21,23)/b14-6+,20-10-. The molecule has 0 aliphatic carbocycles. The number of non-ortho nitro benzene ring substituents is 1. The number of hydrogen-bond acceptors (Lipinski definition) is 7. The van der Waals surface area contributed by atoms with E-state index in [2.05, 4.69) is 10.5 Å². The lowest BCUT2D eigenvalue weighted by atomic mass is 10.1. The van der Waals surface area contributed by atoms with Crippen LogP contribution in [0.5, 0.6) is 11.5 Å². The van der Waals surface area contributed by atoms with Crippen molar-refractivity contribution in [3.05, 3.63) is 69.3 Å². The van der Waals surface area contributed by atoms with Crippen molar-refractivity contribution in [3.63, 3.8) is 0 Å². The van der Waals surface area contributed by atoms with E-state index >= 15 is 0 Å². The van der Waals surface area contributed by atoms with Crippen molar-refractivity contribution in [2.24, 2.45) is 5.10 Å². The van der Waals surface area contributed by atoms with E-state index in [1.807, 2.05) is 0 Å². The number of carbonyl (C=O) groups is 1. The Bertz CT molecular complexity index is 1010. The normalized spacial score (nSPS) is 12.6. The summed E-state index contributed by atoms with van der Waals surface area (Å²) in [6, 6.07) is 12.5. The number of nitro benzene ring substituents is 1. The van der Waals surface area contributed by atoms with Crippen LogP contribution in [0.25, 0.3) is 6.08 Å². The largest absolute Gasteiger partial charge is 0.454 e. The van der Waals surface area contributed by atoms with Gasteiger partial charge in [-0.05, 0) is 35.4 Å². The minimum atomic E-state index is -0.735. The maximum absolute atomic E-state index is 12.1. The quantitative estimate of drug-likeness (QED) is 0.285. The molecule has 2 aromatic carbocycles. The summed E-state index contributed by atoms with van der Waals surface area (Å²) in [6.45, 7) is 0.153. The maximum atomic E-state index is 12.1. The van der Waals surface area contributed by atoms with Gasteiger partial charge in [-0.1, -0.05) is 12.1 Å². The summed E-state index contributed by atoms with van der Waals surface area (Å²) >= 11 is 0. The minimum Gasteiger partial charge on any atom is -0.454 e. The van der Waals surface area contributed by atoms with E-state index in [0.29, 0.717) is 22.6 Å². The van der Waals surface area contributed by atoms with Crippen LogP contribution in [0.2, 0.25) is 0 Å². The number of carbonyl (C=O) groups excluding carboxylic acids is 1. The van der Waals surface area contributed by atoms with Crippen LogP contribution in [-0.4, -0.2) is 23.8 Å². The molecule has 0 atom stereocenters. The second kappa shape index (κ2) is 7.79. The third-order valence-corrected chi connectivity index (χ3v) is 3.53. The van der Waals surface area contributed by atoms with Crippen LogP contribution in [0, 0.1) is 21.4 Å². The van der Waals surface area contributed by atoms with Crippen LogP contribution in [0.15, 0.2) is 53.1 Å². The highest BCUT2D eigenvalue weighted by atomic mass is 16.7. The van der Waals surface area contributed by atoms with Crippen LogP contribution >= 0.6 is 0 Å². The molecular formula is C18H12N4O5. The van der Waals surface area contributed by atoms with Gasteiger partial charge in [0.15, 0.2) is 11.5 Å². The zero-order chi connectivity index (χ0) is 19.2. The number of nitrogens with zero attached hydrogens (tertiary/aromatic N) is 3. The van der Waals surface area contributed by atoms with E-state index in [0.717, 1.165) is 0 Å². The van der Waals surface area contributed by atoms with Gasteiger partial charge in [-0.25, -0.2) is 5.43 Å². The van der Waals surface area contributed by atoms with E-state index in [-0.39, 0.29) is 18.1 Å². The summed E-state index contributed by atoms with van der Waals surface area (Å²) in [7, 11) is 0. The second-order valence-electron chi connectivity index (χ2n) is 5.33. The first-order valence-corrected chi connectivity index (χ1v) is 7.66. The number of benzene rings is 2. The molecule has 9 nitrogen and oxygen atoms in total. The average molecular weight is 364 g/mol. The van der Waals surface area contributed by atoms with Crippen LogP contribution in [0.4, 0.5) is 5.69 Å². The van der Waals surface area contributed by atoms with Crippen molar-refractivity contribution >= 4 is 23.9 Å². The molecule has 1 heterocycles. The highest BCUT2D eigenvalue weighted by Gasteiger charge is 2.13. The lowest BCUT2D eigenvalue weighted by Gasteiger charge is -2.00. The number of nitro groups is 1. The Morgan fingerprint density at radius 2 is 2.04 bits per heavy atom. The molecule has 0 spiro atoms. The predicted molar refractivity (Wildman–Crippen MR) is 95.0 cm³/mol. The molecule has 0 fully saturated rings. The molecule has 1 amide bonds. The zero-order valence-corrected chi connectivity index (χ0v) is 13.8. The topological polar surface area (TPSA) is 127 Å². The van der Waals surface area contributed by atoms with Gasteiger partial charge in [0.25, 0.3) is 11.6 Å². The maximum Gasteiger partial charge on any atom is 0.282 e. The van der Waals surface area contributed by atoms with Gasteiger partial charge in [0, 0.05) is 12.1 Å². The van der Waals surface area contributed by atoms with Gasteiger partial charge in [-0.2, -0.15) is 10.4 Å². The first kappa shape index (κ1) is 17.6. The molecule has 0 aromatic heterocycles. The Morgan fingerprint density at radius 1 is 1.22 bits per heavy atom. The zero-order valence-electron chi connectivity index (χ0n) is 13.8. The minimum absolute atomic E-state index is 0.137. The molecular weight excluding hydrogens is 352 g/mol. The fourth-order valence-corrected chi connectivity index (χ4v) is 2.26. The fourth-order valence-electron chi connectivity index (χ4n) is 2.26. The van der Waals surface area contributed by atoms with Crippen molar-refractivity contribution in [2.75, 3.05) is 6.79 Å². The van der Waals surface area contributed by atoms with E-state index < -0.39 is 10.8 Å². The lowest BCUT2D eigenvalue weighted by Crippen LogP contribution is -2.19. The summed E-state index contributed by atoms with van der Waals surface area (Å²) in [6.07, 6.45) is 2.64. The number of hydrogen-bond donors (Lipinski definition) is 1. The van der Waals surface area contributed by atoms with Crippen molar-refractivity contribution in [2.45, 2.75) is 0 Å². The summed E-state index contributed by atoms with van der Waals surface area (Å²) < 4.78 is 10.4. The second-order valence-corrected chi connectivity index (χ2v) is 5.33. The Hall–Kier alpha value is -4.19. The summed E-state index contributed by atoms with van der Waals surface area (Å²) in [5.74, 6) is 0.470. The van der Waals surface area contributed by atoms with Gasteiger partial charge >= 0.3 is 0 Å². The van der Waals surface area contributed by atoms with Gasteiger partial charge in [0.1, 0.15) is 11.6 Å². The molecule has 2 aromatic rings.